The van der Waals surface area contributed by atoms with Crippen molar-refractivity contribution in [1.82, 2.24) is 25.1 Å². The second kappa shape index (κ2) is 16.3. The number of carbonyl (C=O) groups is 3. The maximum atomic E-state index is 13.2. The van der Waals surface area contributed by atoms with Crippen LogP contribution >= 0.6 is 11.3 Å². The van der Waals surface area contributed by atoms with Crippen LogP contribution in [-0.2, 0) is 16.0 Å². The third-order valence-electron chi connectivity index (χ3n) is 9.44. The number of anilines is 1. The second-order valence-corrected chi connectivity index (χ2v) is 13.7. The second-order valence-electron chi connectivity index (χ2n) is 12.8. The molecular weight excluding hydrogens is 657 g/mol. The Morgan fingerprint density at radius 3 is 2.52 bits per heavy atom. The molecule has 6 rings (SSSR count). The molecule has 13 heteroatoms. The van der Waals surface area contributed by atoms with Crippen molar-refractivity contribution >= 4 is 45.1 Å². The topological polar surface area (TPSA) is 135 Å². The van der Waals surface area contributed by atoms with Gasteiger partial charge in [0, 0.05) is 54.6 Å². The lowest BCUT2D eigenvalue weighted by Crippen LogP contribution is -2.47. The number of carbonyl (C=O) groups excluding carboxylic acids is 3. The van der Waals surface area contributed by atoms with E-state index in [1.165, 1.54) is 24.2 Å². The van der Waals surface area contributed by atoms with Crippen molar-refractivity contribution in [2.45, 2.75) is 63.5 Å². The Kier molecular flexibility index (Phi) is 11.4. The number of hydrogen-bond donors (Lipinski definition) is 2. The van der Waals surface area contributed by atoms with Crippen LogP contribution in [-0.4, -0.2) is 90.5 Å². The Morgan fingerprint density at radius 1 is 0.940 bits per heavy atom. The summed E-state index contributed by atoms with van der Waals surface area (Å²) in [4.78, 5) is 51.7. The van der Waals surface area contributed by atoms with Gasteiger partial charge >= 0.3 is 0 Å². The van der Waals surface area contributed by atoms with E-state index in [0.717, 1.165) is 30.3 Å². The quantitative estimate of drug-likeness (QED) is 0.192. The molecule has 2 aromatic carbocycles. The molecule has 4 aromatic rings. The summed E-state index contributed by atoms with van der Waals surface area (Å²) in [5.74, 6) is 1.96. The van der Waals surface area contributed by atoms with E-state index in [-0.39, 0.29) is 30.2 Å². The average Bonchev–Trinajstić information content (AvgIpc) is 3.59. The van der Waals surface area contributed by atoms with Crippen molar-refractivity contribution < 1.29 is 28.6 Å². The van der Waals surface area contributed by atoms with Gasteiger partial charge in [0.2, 0.25) is 11.8 Å². The van der Waals surface area contributed by atoms with E-state index in [1.54, 1.807) is 42.8 Å². The van der Waals surface area contributed by atoms with Gasteiger partial charge in [0.25, 0.3) is 5.91 Å². The largest absolute Gasteiger partial charge is 0.493 e. The van der Waals surface area contributed by atoms with Gasteiger partial charge in [0.05, 0.1) is 26.2 Å². The number of aromatic nitrogens is 2. The lowest BCUT2D eigenvalue weighted by atomic mass is 9.98. The number of nitrogens with one attached hydrogen (secondary N) is 2. The number of hydrogen-bond acceptors (Lipinski definition) is 10. The Hall–Kier alpha value is -4.75. The van der Waals surface area contributed by atoms with Gasteiger partial charge in [-0.25, -0.2) is 4.98 Å². The normalized spacial score (nSPS) is 16.9. The van der Waals surface area contributed by atoms with Crippen LogP contribution in [0.15, 0.2) is 54.0 Å². The van der Waals surface area contributed by atoms with Crippen molar-refractivity contribution in [2.24, 2.45) is 0 Å². The lowest BCUT2D eigenvalue weighted by molar-refractivity contribution is -0.122. The lowest BCUT2D eigenvalue weighted by Gasteiger charge is -2.33. The summed E-state index contributed by atoms with van der Waals surface area (Å²) in [6.07, 6.45) is 8.23. The molecule has 12 nitrogen and oxygen atoms in total. The summed E-state index contributed by atoms with van der Waals surface area (Å²) in [6, 6.07) is 13.3. The van der Waals surface area contributed by atoms with Crippen molar-refractivity contribution in [2.75, 3.05) is 46.2 Å². The molecule has 2 fully saturated rings. The summed E-state index contributed by atoms with van der Waals surface area (Å²) in [7, 11) is 5.29. The third-order valence-corrected chi connectivity index (χ3v) is 10.2. The minimum absolute atomic E-state index is 0.0708. The van der Waals surface area contributed by atoms with Crippen LogP contribution in [0.4, 0.5) is 5.13 Å². The Balaban J connectivity index is 0.975. The smallest absolute Gasteiger partial charge is 0.273 e. The highest BCUT2D eigenvalue weighted by molar-refractivity contribution is 7.14. The zero-order valence-electron chi connectivity index (χ0n) is 28.8. The highest BCUT2D eigenvalue weighted by Gasteiger charge is 2.27. The molecule has 1 atom stereocenters. The van der Waals surface area contributed by atoms with Gasteiger partial charge in [0.15, 0.2) is 16.6 Å². The maximum absolute atomic E-state index is 13.2. The number of piperidine rings is 2. The molecule has 50 heavy (non-hydrogen) atoms. The highest BCUT2D eigenvalue weighted by atomic mass is 32.1. The van der Waals surface area contributed by atoms with Crippen molar-refractivity contribution in [1.29, 1.82) is 0 Å². The molecule has 4 heterocycles. The minimum Gasteiger partial charge on any atom is -0.493 e. The van der Waals surface area contributed by atoms with E-state index in [2.05, 4.69) is 32.5 Å². The first-order valence-corrected chi connectivity index (χ1v) is 18.0. The first-order valence-electron chi connectivity index (χ1n) is 17.1. The minimum atomic E-state index is -0.256. The molecule has 2 aliphatic heterocycles. The summed E-state index contributed by atoms with van der Waals surface area (Å²) < 4.78 is 17.1. The monoisotopic (exact) mass is 700 g/mol. The van der Waals surface area contributed by atoms with Gasteiger partial charge in [-0.3, -0.25) is 19.4 Å². The molecule has 2 aromatic heterocycles. The fourth-order valence-electron chi connectivity index (χ4n) is 6.66. The van der Waals surface area contributed by atoms with Crippen molar-refractivity contribution in [3.8, 4) is 23.0 Å². The predicted octanol–water partition coefficient (Wildman–Crippen LogP) is 5.67. The third kappa shape index (κ3) is 8.69. The van der Waals surface area contributed by atoms with Crippen LogP contribution in [0.5, 0.6) is 23.0 Å². The molecule has 0 radical (unpaired) electrons. The number of rotatable bonds is 12. The Labute approximate surface area is 296 Å². The average molecular weight is 701 g/mol. The maximum Gasteiger partial charge on any atom is 0.273 e. The van der Waals surface area contributed by atoms with Crippen LogP contribution in [0.2, 0.25) is 0 Å². The van der Waals surface area contributed by atoms with Crippen LogP contribution in [0.3, 0.4) is 0 Å². The van der Waals surface area contributed by atoms with Crippen molar-refractivity contribution in [3.63, 3.8) is 0 Å². The van der Waals surface area contributed by atoms with Crippen LogP contribution in [0, 0.1) is 0 Å². The first-order chi connectivity index (χ1) is 24.3. The molecule has 2 saturated heterocycles. The number of pyridine rings is 1. The van der Waals surface area contributed by atoms with Gasteiger partial charge in [-0.05, 0) is 75.5 Å². The number of amides is 3. The molecule has 2 aliphatic rings. The van der Waals surface area contributed by atoms with E-state index in [1.807, 2.05) is 30.3 Å². The molecule has 0 aliphatic carbocycles. The SMILES string of the molecule is COc1cc2nccc(Oc3cccc(CC(=O)Nc4nc(C(=O)N5CCC(NC(=O)CCC6CCCCN6C)CC5)cs4)c3)c2cc1OC. The van der Waals surface area contributed by atoms with E-state index in [9.17, 15) is 14.4 Å². The Morgan fingerprint density at radius 2 is 1.74 bits per heavy atom. The summed E-state index contributed by atoms with van der Waals surface area (Å²) in [5.41, 5.74) is 1.75. The zero-order valence-corrected chi connectivity index (χ0v) is 29.6. The van der Waals surface area contributed by atoms with Crippen LogP contribution in [0.25, 0.3) is 10.9 Å². The fourth-order valence-corrected chi connectivity index (χ4v) is 7.36. The molecule has 0 spiro atoms. The van der Waals surface area contributed by atoms with Gasteiger partial charge in [-0.2, -0.15) is 0 Å². The van der Waals surface area contributed by atoms with Crippen LogP contribution < -0.4 is 24.8 Å². The van der Waals surface area contributed by atoms with E-state index in [4.69, 9.17) is 14.2 Å². The number of methoxy groups -OCH3 is 2. The summed E-state index contributed by atoms with van der Waals surface area (Å²) in [6.45, 7) is 2.20. The first kappa shape index (κ1) is 35.1. The number of ether oxygens (including phenoxy) is 3. The van der Waals surface area contributed by atoms with Crippen LogP contribution in [0.1, 0.15) is 61.0 Å². The zero-order chi connectivity index (χ0) is 35.0. The fraction of sp³-hybridized carbons (Fsp3) is 0.432. The van der Waals surface area contributed by atoms with Gasteiger partial charge in [0.1, 0.15) is 17.2 Å². The summed E-state index contributed by atoms with van der Waals surface area (Å²) >= 11 is 1.22. The molecule has 1 unspecified atom stereocenters. The molecule has 264 valence electrons. The predicted molar refractivity (Wildman–Crippen MR) is 192 cm³/mol. The molecular formula is C37H44N6O6S. The number of nitrogens with zero attached hydrogens (tertiary/aromatic N) is 4. The van der Waals surface area contributed by atoms with Gasteiger partial charge in [-0.1, -0.05) is 18.6 Å². The molecule has 3 amide bonds. The molecule has 0 bridgehead atoms. The van der Waals surface area contributed by atoms with Crippen molar-refractivity contribution in [3.05, 3.63) is 65.3 Å². The highest BCUT2D eigenvalue weighted by Crippen LogP contribution is 2.37. The molecule has 0 saturated carbocycles. The number of benzene rings is 2. The number of likely N-dealkylation sites (tertiary alicyclic amines) is 2. The summed E-state index contributed by atoms with van der Waals surface area (Å²) in [5, 5.41) is 8.79. The molecule has 2 N–H and O–H groups in total. The standard InChI is InChI=1S/C37H44N6O6S/c1-42-16-5-4-8-26(42)10-11-34(44)39-25-13-17-43(18-14-25)36(46)30-23-50-37(40-30)41-35(45)20-24-7-6-9-27(19-24)49-31-12-15-38-29-22-33(48-3)32(47-2)21-28(29)31/h6-7,9,12,15,19,21-23,25-26H,4-5,8,10-11,13-14,16-18,20H2,1-3H3,(H,39,44)(H,40,41,45). The number of thiazole rings is 1. The Bertz CT molecular complexity index is 1820. The van der Waals surface area contributed by atoms with Gasteiger partial charge < -0.3 is 34.6 Å². The van der Waals surface area contributed by atoms with E-state index < -0.39 is 0 Å². The van der Waals surface area contributed by atoms with Gasteiger partial charge in [-0.15, -0.1) is 11.3 Å². The van der Waals surface area contributed by atoms with E-state index in [0.29, 0.717) is 77.7 Å². The van der Waals surface area contributed by atoms with E-state index >= 15 is 0 Å². The number of fused-ring (bicyclic) bond motifs is 1.